The summed E-state index contributed by atoms with van der Waals surface area (Å²) >= 11 is 0. The molecule has 0 spiro atoms. The Morgan fingerprint density at radius 3 is 2.13 bits per heavy atom. The second kappa shape index (κ2) is 10.1. The molecule has 1 atom stereocenters. The van der Waals surface area contributed by atoms with Gasteiger partial charge < -0.3 is 4.55 Å². The Morgan fingerprint density at radius 2 is 1.57 bits per heavy atom. The van der Waals surface area contributed by atoms with Gasteiger partial charge in [-0.3, -0.25) is 0 Å². The molecule has 1 rings (SSSR count). The number of hydrogen-bond acceptors (Lipinski definition) is 3. The Hall–Kier alpha value is -0.870. The van der Waals surface area contributed by atoms with Crippen LogP contribution in [0.2, 0.25) is 0 Å². The molecule has 0 N–H and O–H groups in total. The number of rotatable bonds is 11. The van der Waals surface area contributed by atoms with E-state index in [4.69, 9.17) is 0 Å². The van der Waals surface area contributed by atoms with Gasteiger partial charge in [-0.1, -0.05) is 71.3 Å². The van der Waals surface area contributed by atoms with Crippen molar-refractivity contribution in [3.63, 3.8) is 0 Å². The summed E-state index contributed by atoms with van der Waals surface area (Å²) in [5.74, 6) is 0.289. The van der Waals surface area contributed by atoms with Gasteiger partial charge in [0.05, 0.1) is 4.90 Å². The molecule has 1 aromatic carbocycles. The van der Waals surface area contributed by atoms with Gasteiger partial charge in [0.2, 0.25) is 0 Å². The van der Waals surface area contributed by atoms with E-state index in [1.807, 2.05) is 6.92 Å². The van der Waals surface area contributed by atoms with Crippen molar-refractivity contribution in [3.05, 3.63) is 29.3 Å². The summed E-state index contributed by atoms with van der Waals surface area (Å²) in [5.41, 5.74) is 2.05. The van der Waals surface area contributed by atoms with Crippen LogP contribution in [0.1, 0.15) is 88.7 Å². The van der Waals surface area contributed by atoms with E-state index in [0.717, 1.165) is 24.0 Å². The molecule has 0 fully saturated rings. The molecule has 0 bridgehead atoms. The molecule has 132 valence electrons. The molecule has 0 heterocycles. The molecular weight excluding hydrogens is 308 g/mol. The Bertz CT molecular complexity index is 564. The Morgan fingerprint density at radius 1 is 1.00 bits per heavy atom. The zero-order valence-electron chi connectivity index (χ0n) is 14.8. The van der Waals surface area contributed by atoms with Crippen LogP contribution in [0.4, 0.5) is 0 Å². The van der Waals surface area contributed by atoms with Crippen molar-refractivity contribution in [3.8, 4) is 0 Å². The topological polar surface area (TPSA) is 57.2 Å². The lowest BCUT2D eigenvalue weighted by Gasteiger charge is -2.17. The summed E-state index contributed by atoms with van der Waals surface area (Å²) in [6.45, 7) is 6.32. The van der Waals surface area contributed by atoms with Gasteiger partial charge in [-0.15, -0.1) is 0 Å². The van der Waals surface area contributed by atoms with Gasteiger partial charge in [-0.05, 0) is 42.5 Å². The number of aryl methyl sites for hydroxylation is 1. The van der Waals surface area contributed by atoms with Gasteiger partial charge in [-0.2, -0.15) is 0 Å². The lowest BCUT2D eigenvalue weighted by molar-refractivity contribution is 0.462. The van der Waals surface area contributed by atoms with Crippen LogP contribution in [0.25, 0.3) is 0 Å². The zero-order chi connectivity index (χ0) is 17.3. The molecule has 4 heteroatoms. The second-order valence-electron chi connectivity index (χ2n) is 6.64. The fourth-order valence-corrected chi connectivity index (χ4v) is 3.55. The first kappa shape index (κ1) is 20.2. The SMILES string of the molecule is CCCCCCCCCCC(C)c1cc(S(=O)(=O)[O-])ccc1C. The maximum atomic E-state index is 11.2. The first-order chi connectivity index (χ1) is 10.9. The van der Waals surface area contributed by atoms with Gasteiger partial charge in [0.15, 0.2) is 0 Å². The first-order valence-electron chi connectivity index (χ1n) is 8.92. The molecule has 23 heavy (non-hydrogen) atoms. The van der Waals surface area contributed by atoms with Crippen LogP contribution >= 0.6 is 0 Å². The molecule has 0 aromatic heterocycles. The van der Waals surface area contributed by atoms with E-state index in [2.05, 4.69) is 13.8 Å². The molecule has 0 saturated heterocycles. The monoisotopic (exact) mass is 339 g/mol. The predicted molar refractivity (Wildman–Crippen MR) is 94.8 cm³/mol. The summed E-state index contributed by atoms with van der Waals surface area (Å²) in [7, 11) is -4.37. The summed E-state index contributed by atoms with van der Waals surface area (Å²) in [5, 5.41) is 0. The van der Waals surface area contributed by atoms with Crippen molar-refractivity contribution in [2.45, 2.75) is 89.4 Å². The third-order valence-electron chi connectivity index (χ3n) is 4.56. The first-order valence-corrected chi connectivity index (χ1v) is 10.3. The highest BCUT2D eigenvalue weighted by Crippen LogP contribution is 2.27. The van der Waals surface area contributed by atoms with E-state index in [9.17, 15) is 13.0 Å². The minimum atomic E-state index is -4.37. The van der Waals surface area contributed by atoms with Crippen LogP contribution < -0.4 is 0 Å². The van der Waals surface area contributed by atoms with Crippen LogP contribution in [0.15, 0.2) is 23.1 Å². The number of unbranched alkanes of at least 4 members (excludes halogenated alkanes) is 7. The van der Waals surface area contributed by atoms with Gasteiger partial charge >= 0.3 is 0 Å². The van der Waals surface area contributed by atoms with Crippen LogP contribution in [-0.4, -0.2) is 13.0 Å². The van der Waals surface area contributed by atoms with Crippen molar-refractivity contribution in [1.29, 1.82) is 0 Å². The summed E-state index contributed by atoms with van der Waals surface area (Å²) in [6.07, 6.45) is 11.3. The third-order valence-corrected chi connectivity index (χ3v) is 5.39. The maximum Gasteiger partial charge on any atom is 0.124 e. The highest BCUT2D eigenvalue weighted by Gasteiger charge is 2.11. The molecule has 0 radical (unpaired) electrons. The summed E-state index contributed by atoms with van der Waals surface area (Å²) < 4.78 is 33.5. The van der Waals surface area contributed by atoms with E-state index in [-0.39, 0.29) is 10.8 Å². The van der Waals surface area contributed by atoms with E-state index in [1.165, 1.54) is 51.0 Å². The van der Waals surface area contributed by atoms with Crippen molar-refractivity contribution < 1.29 is 13.0 Å². The standard InChI is InChI=1S/C19H32O3S/c1-4-5-6-7-8-9-10-11-12-16(2)19-15-18(23(20,21)22)14-13-17(19)3/h13-16H,4-12H2,1-3H3,(H,20,21,22)/p-1. The molecule has 0 aliphatic carbocycles. The third kappa shape index (κ3) is 7.49. The van der Waals surface area contributed by atoms with Crippen molar-refractivity contribution >= 4 is 10.1 Å². The molecular formula is C19H31O3S-. The largest absolute Gasteiger partial charge is 0.744 e. The summed E-state index contributed by atoms with van der Waals surface area (Å²) in [4.78, 5) is -0.110. The molecule has 0 saturated carbocycles. The highest BCUT2D eigenvalue weighted by atomic mass is 32.2. The molecule has 0 aliphatic heterocycles. The predicted octanol–water partition coefficient (Wildman–Crippen LogP) is 5.53. The van der Waals surface area contributed by atoms with E-state index < -0.39 is 10.1 Å². The lowest BCUT2D eigenvalue weighted by atomic mass is 9.91. The van der Waals surface area contributed by atoms with Crippen LogP contribution in [0.5, 0.6) is 0 Å². The number of benzene rings is 1. The molecule has 1 unspecified atom stereocenters. The average Bonchev–Trinajstić information content (AvgIpc) is 2.49. The van der Waals surface area contributed by atoms with Crippen molar-refractivity contribution in [1.82, 2.24) is 0 Å². The Labute approximate surface area is 142 Å². The van der Waals surface area contributed by atoms with Gasteiger partial charge in [-0.25, -0.2) is 8.42 Å². The number of hydrogen-bond donors (Lipinski definition) is 0. The van der Waals surface area contributed by atoms with Gasteiger partial charge in [0, 0.05) is 0 Å². The maximum absolute atomic E-state index is 11.2. The minimum Gasteiger partial charge on any atom is -0.744 e. The van der Waals surface area contributed by atoms with Crippen LogP contribution in [-0.2, 0) is 10.1 Å². The second-order valence-corrected chi connectivity index (χ2v) is 8.02. The molecule has 3 nitrogen and oxygen atoms in total. The van der Waals surface area contributed by atoms with Crippen molar-refractivity contribution in [2.24, 2.45) is 0 Å². The quantitative estimate of drug-likeness (QED) is 0.393. The lowest BCUT2D eigenvalue weighted by Crippen LogP contribution is -2.03. The van der Waals surface area contributed by atoms with E-state index >= 15 is 0 Å². The molecule has 1 aromatic rings. The van der Waals surface area contributed by atoms with Crippen molar-refractivity contribution in [2.75, 3.05) is 0 Å². The zero-order valence-corrected chi connectivity index (χ0v) is 15.6. The van der Waals surface area contributed by atoms with Crippen LogP contribution in [0, 0.1) is 6.92 Å². The molecule has 0 amide bonds. The van der Waals surface area contributed by atoms with Gasteiger partial charge in [0.25, 0.3) is 0 Å². The fraction of sp³-hybridized carbons (Fsp3) is 0.684. The van der Waals surface area contributed by atoms with E-state index in [1.54, 1.807) is 12.1 Å². The Kier molecular flexibility index (Phi) is 8.85. The fourth-order valence-electron chi connectivity index (χ4n) is 3.04. The molecule has 0 aliphatic rings. The summed E-state index contributed by atoms with van der Waals surface area (Å²) in [6, 6.07) is 4.71. The Balaban J connectivity index is 2.41. The smallest absolute Gasteiger partial charge is 0.124 e. The normalized spacial score (nSPS) is 13.2. The highest BCUT2D eigenvalue weighted by molar-refractivity contribution is 7.85. The van der Waals surface area contributed by atoms with E-state index in [0.29, 0.717) is 0 Å². The van der Waals surface area contributed by atoms with Crippen LogP contribution in [0.3, 0.4) is 0 Å². The van der Waals surface area contributed by atoms with Gasteiger partial charge in [0.1, 0.15) is 10.1 Å². The average molecular weight is 340 g/mol. The minimum absolute atomic E-state index is 0.110.